The minimum atomic E-state index is -4.33. The molecule has 0 saturated carbocycles. The molecule has 0 fully saturated rings. The van der Waals surface area contributed by atoms with Crippen LogP contribution in [0, 0.1) is 6.92 Å². The van der Waals surface area contributed by atoms with Crippen LogP contribution in [0.4, 0.5) is 5.69 Å². The molecular weight excluding hydrogens is 657 g/mol. The molecule has 2 atom stereocenters. The molecule has 1 N–H and O–H groups in total. The summed E-state index contributed by atoms with van der Waals surface area (Å²) in [5, 5.41) is 3.74. The highest BCUT2D eigenvalue weighted by molar-refractivity contribution is 7.92. The van der Waals surface area contributed by atoms with Gasteiger partial charge in [-0.05, 0) is 73.9 Å². The van der Waals surface area contributed by atoms with Crippen molar-refractivity contribution in [3.05, 3.63) is 124 Å². The summed E-state index contributed by atoms with van der Waals surface area (Å²) in [6.45, 7) is 5.05. The van der Waals surface area contributed by atoms with Gasteiger partial charge in [0.05, 0.1) is 17.7 Å². The molecule has 0 aliphatic heterocycles. The van der Waals surface area contributed by atoms with Gasteiger partial charge < -0.3 is 15.0 Å². The van der Waals surface area contributed by atoms with Crippen LogP contribution in [-0.4, -0.2) is 50.9 Å². The van der Waals surface area contributed by atoms with Crippen LogP contribution in [0.15, 0.2) is 102 Å². The number of halogens is 2. The third-order valence-electron chi connectivity index (χ3n) is 7.81. The van der Waals surface area contributed by atoms with Crippen molar-refractivity contribution in [1.29, 1.82) is 0 Å². The molecule has 0 saturated heterocycles. The first-order valence-corrected chi connectivity index (χ1v) is 17.4. The molecule has 0 spiro atoms. The first-order chi connectivity index (χ1) is 22.4. The van der Waals surface area contributed by atoms with Gasteiger partial charge in [0.2, 0.25) is 11.8 Å². The van der Waals surface area contributed by atoms with Gasteiger partial charge >= 0.3 is 0 Å². The van der Waals surface area contributed by atoms with E-state index in [0.29, 0.717) is 17.0 Å². The van der Waals surface area contributed by atoms with Gasteiger partial charge in [-0.2, -0.15) is 0 Å². The van der Waals surface area contributed by atoms with E-state index in [1.165, 1.54) is 30.2 Å². The predicted molar refractivity (Wildman–Crippen MR) is 188 cm³/mol. The Labute approximate surface area is 287 Å². The Morgan fingerprint density at radius 1 is 0.872 bits per heavy atom. The van der Waals surface area contributed by atoms with E-state index in [1.807, 2.05) is 51.1 Å². The molecule has 4 aromatic rings. The number of anilines is 1. The van der Waals surface area contributed by atoms with Crippen molar-refractivity contribution in [2.24, 2.45) is 0 Å². The number of methoxy groups -OCH3 is 1. The van der Waals surface area contributed by atoms with Crippen molar-refractivity contribution in [1.82, 2.24) is 10.2 Å². The van der Waals surface area contributed by atoms with Crippen LogP contribution in [0.3, 0.4) is 0 Å². The molecule has 0 aliphatic carbocycles. The van der Waals surface area contributed by atoms with Gasteiger partial charge in [0.25, 0.3) is 10.0 Å². The zero-order chi connectivity index (χ0) is 34.1. The summed E-state index contributed by atoms with van der Waals surface area (Å²) in [7, 11) is -2.92. The highest BCUT2D eigenvalue weighted by Crippen LogP contribution is 2.35. The first kappa shape index (κ1) is 35.8. The van der Waals surface area contributed by atoms with Crippen LogP contribution < -0.4 is 14.4 Å². The van der Waals surface area contributed by atoms with Gasteiger partial charge in [0.15, 0.2) is 0 Å². The number of hydrogen-bond acceptors (Lipinski definition) is 5. The van der Waals surface area contributed by atoms with E-state index >= 15 is 0 Å². The maximum absolute atomic E-state index is 14.7. The summed E-state index contributed by atoms with van der Waals surface area (Å²) in [6.07, 6.45) is 0.879. The van der Waals surface area contributed by atoms with Gasteiger partial charge in [-0.1, -0.05) is 90.3 Å². The quantitative estimate of drug-likeness (QED) is 0.152. The second-order valence-corrected chi connectivity index (χ2v) is 14.1. The monoisotopic (exact) mass is 695 g/mol. The maximum Gasteiger partial charge on any atom is 0.264 e. The number of nitrogens with one attached hydrogen (secondary N) is 1. The number of hydrogen-bond donors (Lipinski definition) is 1. The van der Waals surface area contributed by atoms with Gasteiger partial charge in [-0.15, -0.1) is 0 Å². The molecule has 0 heterocycles. The third-order valence-corrected chi connectivity index (χ3v) is 10.1. The third kappa shape index (κ3) is 9.28. The van der Waals surface area contributed by atoms with Crippen LogP contribution in [0.1, 0.15) is 37.0 Å². The highest BCUT2D eigenvalue weighted by atomic mass is 35.5. The fraction of sp³-hybridized carbons (Fsp3) is 0.278. The average molecular weight is 697 g/mol. The molecule has 0 bridgehead atoms. The lowest BCUT2D eigenvalue weighted by atomic mass is 10.0. The molecule has 11 heteroatoms. The molecular formula is C36H39Cl2N3O5S. The number of rotatable bonds is 14. The number of nitrogens with zero attached hydrogens (tertiary/aromatic N) is 2. The Hall–Kier alpha value is -4.05. The molecule has 0 radical (unpaired) electrons. The fourth-order valence-electron chi connectivity index (χ4n) is 5.04. The van der Waals surface area contributed by atoms with Crippen molar-refractivity contribution in [2.75, 3.05) is 18.0 Å². The zero-order valence-corrected chi connectivity index (χ0v) is 29.1. The molecule has 8 nitrogen and oxygen atoms in total. The number of amides is 2. The predicted octanol–water partition coefficient (Wildman–Crippen LogP) is 7.06. The Morgan fingerprint density at radius 2 is 1.53 bits per heavy atom. The smallest absolute Gasteiger partial charge is 0.264 e. The summed E-state index contributed by atoms with van der Waals surface area (Å²) in [6, 6.07) is 26.1. The molecule has 4 aromatic carbocycles. The fourth-order valence-corrected chi connectivity index (χ4v) is 6.83. The number of aryl methyl sites for hydroxylation is 1. The second-order valence-electron chi connectivity index (χ2n) is 11.3. The Morgan fingerprint density at radius 3 is 2.17 bits per heavy atom. The number of benzene rings is 4. The Kier molecular flexibility index (Phi) is 12.3. The van der Waals surface area contributed by atoms with Crippen LogP contribution in [-0.2, 0) is 32.6 Å². The van der Waals surface area contributed by atoms with Crippen LogP contribution in [0.25, 0.3) is 0 Å². The molecule has 4 rings (SSSR count). The Balaban J connectivity index is 1.86. The van der Waals surface area contributed by atoms with Gasteiger partial charge in [-0.25, -0.2) is 8.42 Å². The number of ether oxygens (including phenoxy) is 1. The topological polar surface area (TPSA) is 96.0 Å². The first-order valence-electron chi connectivity index (χ1n) is 15.2. The minimum absolute atomic E-state index is 0.00405. The molecule has 47 heavy (non-hydrogen) atoms. The van der Waals surface area contributed by atoms with Gasteiger partial charge in [0.1, 0.15) is 18.3 Å². The van der Waals surface area contributed by atoms with Crippen molar-refractivity contribution in [3.63, 3.8) is 0 Å². The number of carbonyl (C=O) groups is 2. The standard InChI is InChI=1S/C36H39Cl2N3O5S/c1-5-26(3)39-36(43)33(21-27-10-7-6-8-11-27)40(23-28-12-9-13-29(37)20-28)35(42)24-41(32-22-30(38)16-19-34(32)46-4)47(44,45)31-17-14-25(2)15-18-31/h6-20,22,26,33H,5,21,23-24H2,1-4H3,(H,39,43)/t26-,33-/m1/s1. The average Bonchev–Trinajstić information content (AvgIpc) is 3.05. The van der Waals surface area contributed by atoms with E-state index in [2.05, 4.69) is 5.32 Å². The number of carbonyl (C=O) groups excluding carboxylic acids is 2. The van der Waals surface area contributed by atoms with E-state index in [9.17, 15) is 18.0 Å². The summed E-state index contributed by atoms with van der Waals surface area (Å²) in [5.74, 6) is -0.760. The molecule has 248 valence electrons. The molecule has 0 aliphatic rings. The zero-order valence-electron chi connectivity index (χ0n) is 26.8. The van der Waals surface area contributed by atoms with Crippen molar-refractivity contribution < 1.29 is 22.7 Å². The normalized spacial score (nSPS) is 12.6. The van der Waals surface area contributed by atoms with E-state index in [1.54, 1.807) is 48.5 Å². The minimum Gasteiger partial charge on any atom is -0.495 e. The summed E-state index contributed by atoms with van der Waals surface area (Å²) < 4.78 is 35.2. The van der Waals surface area contributed by atoms with Crippen LogP contribution >= 0.6 is 23.2 Å². The summed E-state index contributed by atoms with van der Waals surface area (Å²) in [5.41, 5.74) is 2.46. The van der Waals surface area contributed by atoms with Gasteiger partial charge in [-0.3, -0.25) is 13.9 Å². The summed E-state index contributed by atoms with van der Waals surface area (Å²) in [4.78, 5) is 30.0. The lowest BCUT2D eigenvalue weighted by molar-refractivity contribution is -0.140. The van der Waals surface area contributed by atoms with E-state index in [-0.39, 0.29) is 46.3 Å². The van der Waals surface area contributed by atoms with Crippen molar-refractivity contribution >= 4 is 50.7 Å². The van der Waals surface area contributed by atoms with E-state index in [0.717, 1.165) is 15.4 Å². The van der Waals surface area contributed by atoms with Crippen LogP contribution in [0.5, 0.6) is 5.75 Å². The largest absolute Gasteiger partial charge is 0.495 e. The maximum atomic E-state index is 14.7. The molecule has 0 aromatic heterocycles. The second kappa shape index (κ2) is 16.2. The summed E-state index contributed by atoms with van der Waals surface area (Å²) >= 11 is 12.7. The number of sulfonamides is 1. The lowest BCUT2D eigenvalue weighted by Crippen LogP contribution is -2.54. The van der Waals surface area contributed by atoms with E-state index in [4.69, 9.17) is 27.9 Å². The van der Waals surface area contributed by atoms with Crippen molar-refractivity contribution in [3.8, 4) is 5.75 Å². The van der Waals surface area contributed by atoms with Crippen molar-refractivity contribution in [2.45, 2.75) is 57.1 Å². The molecule has 2 amide bonds. The van der Waals surface area contributed by atoms with E-state index < -0.39 is 28.5 Å². The lowest BCUT2D eigenvalue weighted by Gasteiger charge is -2.34. The molecule has 0 unspecified atom stereocenters. The SMILES string of the molecule is CC[C@@H](C)NC(=O)[C@@H](Cc1ccccc1)N(Cc1cccc(Cl)c1)C(=O)CN(c1cc(Cl)ccc1OC)S(=O)(=O)c1ccc(C)cc1. The highest BCUT2D eigenvalue weighted by Gasteiger charge is 2.36. The van der Waals surface area contributed by atoms with Crippen LogP contribution in [0.2, 0.25) is 10.0 Å². The Bertz CT molecular complexity index is 1790. The van der Waals surface area contributed by atoms with Gasteiger partial charge in [0, 0.05) is 29.1 Å².